The molecule has 0 aliphatic rings. The van der Waals surface area contributed by atoms with E-state index in [1.165, 1.54) is 6.20 Å². The summed E-state index contributed by atoms with van der Waals surface area (Å²) in [6.45, 7) is 3.78. The van der Waals surface area contributed by atoms with Crippen molar-refractivity contribution in [2.45, 2.75) is 32.3 Å². The number of aliphatic carboxylic acids is 1. The minimum atomic E-state index is -0.944. The lowest BCUT2D eigenvalue weighted by Gasteiger charge is -2.13. The van der Waals surface area contributed by atoms with Crippen LogP contribution in [0.4, 0.5) is 0 Å². The second-order valence-corrected chi connectivity index (χ2v) is 5.00. The summed E-state index contributed by atoms with van der Waals surface area (Å²) in [6.07, 6.45) is 1.85. The highest BCUT2D eigenvalue weighted by Gasteiger charge is 2.23. The number of carboxylic acid groups (broad SMARTS) is 1. The summed E-state index contributed by atoms with van der Waals surface area (Å²) in [4.78, 5) is 19.8. The summed E-state index contributed by atoms with van der Waals surface area (Å²) in [7, 11) is 0. The van der Waals surface area contributed by atoms with Crippen molar-refractivity contribution in [1.82, 2.24) is 9.97 Å². The SMILES string of the molecule is CC(C)Oc1ccnc(C(Cc2ccccc2)C(=O)O)n1. The standard InChI is InChI=1S/C16H18N2O3/c1-11(2)21-14-8-9-17-15(18-14)13(16(19)20)10-12-6-4-3-5-7-12/h3-9,11,13H,10H2,1-2H3,(H,19,20). The Morgan fingerprint density at radius 1 is 1.24 bits per heavy atom. The average molecular weight is 286 g/mol. The molecule has 0 saturated heterocycles. The molecule has 1 atom stereocenters. The molecule has 2 aromatic rings. The number of aromatic nitrogens is 2. The van der Waals surface area contributed by atoms with Gasteiger partial charge in [0.05, 0.1) is 6.10 Å². The number of carbonyl (C=O) groups is 1. The van der Waals surface area contributed by atoms with Crippen molar-refractivity contribution < 1.29 is 14.6 Å². The van der Waals surface area contributed by atoms with E-state index in [1.807, 2.05) is 44.2 Å². The Labute approximate surface area is 123 Å². The highest BCUT2D eigenvalue weighted by atomic mass is 16.5. The zero-order valence-electron chi connectivity index (χ0n) is 12.1. The number of hydrogen-bond donors (Lipinski definition) is 1. The molecule has 5 heteroatoms. The molecule has 0 radical (unpaired) electrons. The van der Waals surface area contributed by atoms with Crippen molar-refractivity contribution in [2.24, 2.45) is 0 Å². The zero-order valence-corrected chi connectivity index (χ0v) is 12.1. The number of benzene rings is 1. The summed E-state index contributed by atoms with van der Waals surface area (Å²) < 4.78 is 5.49. The summed E-state index contributed by atoms with van der Waals surface area (Å²) in [5, 5.41) is 9.44. The molecule has 1 aromatic carbocycles. The molecule has 0 spiro atoms. The first kappa shape index (κ1) is 15.0. The second-order valence-electron chi connectivity index (χ2n) is 5.00. The van der Waals surface area contributed by atoms with E-state index < -0.39 is 11.9 Å². The third kappa shape index (κ3) is 4.27. The fraction of sp³-hybridized carbons (Fsp3) is 0.312. The van der Waals surface area contributed by atoms with E-state index >= 15 is 0 Å². The highest BCUT2D eigenvalue weighted by molar-refractivity contribution is 5.75. The second kappa shape index (κ2) is 6.83. The maximum Gasteiger partial charge on any atom is 0.314 e. The molecule has 0 bridgehead atoms. The predicted molar refractivity (Wildman–Crippen MR) is 78.3 cm³/mol. The number of hydrogen-bond acceptors (Lipinski definition) is 4. The van der Waals surface area contributed by atoms with E-state index in [-0.39, 0.29) is 11.9 Å². The first-order valence-electron chi connectivity index (χ1n) is 6.82. The molecule has 21 heavy (non-hydrogen) atoms. The Kier molecular flexibility index (Phi) is 4.87. The van der Waals surface area contributed by atoms with Crippen LogP contribution in [0.3, 0.4) is 0 Å². The normalized spacial score (nSPS) is 12.1. The fourth-order valence-corrected chi connectivity index (χ4v) is 1.97. The van der Waals surface area contributed by atoms with Gasteiger partial charge in [0.15, 0.2) is 0 Å². The number of nitrogens with zero attached hydrogens (tertiary/aromatic N) is 2. The molecule has 0 fully saturated rings. The Hall–Kier alpha value is -2.43. The van der Waals surface area contributed by atoms with Gasteiger partial charge in [-0.05, 0) is 25.8 Å². The van der Waals surface area contributed by atoms with Crippen LogP contribution in [0.2, 0.25) is 0 Å². The third-order valence-electron chi connectivity index (χ3n) is 2.90. The van der Waals surface area contributed by atoms with Crippen molar-refractivity contribution in [2.75, 3.05) is 0 Å². The highest BCUT2D eigenvalue weighted by Crippen LogP contribution is 2.20. The van der Waals surface area contributed by atoms with Gasteiger partial charge in [-0.2, -0.15) is 4.98 Å². The Balaban J connectivity index is 2.24. The average Bonchev–Trinajstić information content (AvgIpc) is 2.45. The summed E-state index contributed by atoms with van der Waals surface area (Å²) >= 11 is 0. The van der Waals surface area contributed by atoms with E-state index in [4.69, 9.17) is 4.74 Å². The first-order chi connectivity index (χ1) is 10.1. The maximum absolute atomic E-state index is 11.5. The van der Waals surface area contributed by atoms with E-state index in [0.717, 1.165) is 5.56 Å². The van der Waals surface area contributed by atoms with Crippen LogP contribution >= 0.6 is 0 Å². The molecular weight excluding hydrogens is 268 g/mol. The van der Waals surface area contributed by atoms with Crippen LogP contribution in [-0.4, -0.2) is 27.1 Å². The minimum Gasteiger partial charge on any atom is -0.481 e. The van der Waals surface area contributed by atoms with E-state index in [1.54, 1.807) is 6.07 Å². The predicted octanol–water partition coefficient (Wildman–Crippen LogP) is 2.67. The van der Waals surface area contributed by atoms with Gasteiger partial charge < -0.3 is 9.84 Å². The third-order valence-corrected chi connectivity index (χ3v) is 2.90. The fourth-order valence-electron chi connectivity index (χ4n) is 1.97. The lowest BCUT2D eigenvalue weighted by molar-refractivity contribution is -0.139. The van der Waals surface area contributed by atoms with Crippen molar-refractivity contribution in [3.05, 3.63) is 54.0 Å². The van der Waals surface area contributed by atoms with Gasteiger partial charge in [0, 0.05) is 12.3 Å². The van der Waals surface area contributed by atoms with E-state index in [9.17, 15) is 9.90 Å². The molecule has 0 saturated carbocycles. The molecule has 110 valence electrons. The molecule has 0 aliphatic heterocycles. The first-order valence-corrected chi connectivity index (χ1v) is 6.82. The molecule has 0 aliphatic carbocycles. The molecule has 2 rings (SSSR count). The minimum absolute atomic E-state index is 0.0230. The zero-order chi connectivity index (χ0) is 15.2. The summed E-state index contributed by atoms with van der Waals surface area (Å²) in [5.41, 5.74) is 0.934. The van der Waals surface area contributed by atoms with Gasteiger partial charge in [0.1, 0.15) is 11.7 Å². The van der Waals surface area contributed by atoms with Crippen LogP contribution < -0.4 is 4.74 Å². The van der Waals surface area contributed by atoms with Crippen LogP contribution in [0.1, 0.15) is 31.2 Å². The summed E-state index contributed by atoms with van der Waals surface area (Å²) in [6, 6.07) is 11.1. The van der Waals surface area contributed by atoms with Crippen molar-refractivity contribution in [3.63, 3.8) is 0 Å². The molecule has 0 amide bonds. The van der Waals surface area contributed by atoms with Crippen molar-refractivity contribution >= 4 is 5.97 Å². The molecular formula is C16H18N2O3. The number of carboxylic acids is 1. The van der Waals surface area contributed by atoms with Gasteiger partial charge in [-0.25, -0.2) is 4.98 Å². The smallest absolute Gasteiger partial charge is 0.314 e. The molecule has 1 unspecified atom stereocenters. The monoisotopic (exact) mass is 286 g/mol. The van der Waals surface area contributed by atoms with Crippen LogP contribution in [-0.2, 0) is 11.2 Å². The Bertz CT molecular complexity index is 599. The van der Waals surface area contributed by atoms with E-state index in [0.29, 0.717) is 12.3 Å². The molecule has 5 nitrogen and oxygen atoms in total. The summed E-state index contributed by atoms with van der Waals surface area (Å²) in [5.74, 6) is -1.07. The molecule has 1 aromatic heterocycles. The molecule has 1 heterocycles. The van der Waals surface area contributed by atoms with Crippen molar-refractivity contribution in [1.29, 1.82) is 0 Å². The number of rotatable bonds is 6. The lowest BCUT2D eigenvalue weighted by atomic mass is 9.98. The van der Waals surface area contributed by atoms with Crippen LogP contribution in [0.15, 0.2) is 42.6 Å². The van der Waals surface area contributed by atoms with Crippen LogP contribution in [0.5, 0.6) is 5.88 Å². The van der Waals surface area contributed by atoms with Gasteiger partial charge in [0.25, 0.3) is 0 Å². The maximum atomic E-state index is 11.5. The van der Waals surface area contributed by atoms with Gasteiger partial charge in [0.2, 0.25) is 5.88 Å². The van der Waals surface area contributed by atoms with Crippen molar-refractivity contribution in [3.8, 4) is 5.88 Å². The van der Waals surface area contributed by atoms with Gasteiger partial charge in [-0.3, -0.25) is 4.79 Å². The largest absolute Gasteiger partial charge is 0.481 e. The Morgan fingerprint density at radius 2 is 1.95 bits per heavy atom. The van der Waals surface area contributed by atoms with Crippen LogP contribution in [0.25, 0.3) is 0 Å². The van der Waals surface area contributed by atoms with Gasteiger partial charge in [-0.15, -0.1) is 0 Å². The lowest BCUT2D eigenvalue weighted by Crippen LogP contribution is -2.18. The van der Waals surface area contributed by atoms with Gasteiger partial charge >= 0.3 is 5.97 Å². The Morgan fingerprint density at radius 3 is 2.57 bits per heavy atom. The molecule has 1 N–H and O–H groups in total. The number of ether oxygens (including phenoxy) is 1. The van der Waals surface area contributed by atoms with Crippen LogP contribution in [0, 0.1) is 0 Å². The van der Waals surface area contributed by atoms with E-state index in [2.05, 4.69) is 9.97 Å². The topological polar surface area (TPSA) is 72.3 Å². The quantitative estimate of drug-likeness (QED) is 0.884. The van der Waals surface area contributed by atoms with Gasteiger partial charge in [-0.1, -0.05) is 30.3 Å².